The van der Waals surface area contributed by atoms with Gasteiger partial charge in [-0.05, 0) is 30.0 Å². The maximum Gasteiger partial charge on any atom is 0.240 e. The lowest BCUT2D eigenvalue weighted by Gasteiger charge is -2.10. The molecule has 1 aromatic rings. The van der Waals surface area contributed by atoms with E-state index < -0.39 is 10.0 Å². The number of rotatable bonds is 5. The molecule has 18 heavy (non-hydrogen) atoms. The number of hydrogen-bond donors (Lipinski definition) is 1. The van der Waals surface area contributed by atoms with E-state index in [1.807, 2.05) is 0 Å². The van der Waals surface area contributed by atoms with Gasteiger partial charge in [-0.15, -0.1) is 11.6 Å². The van der Waals surface area contributed by atoms with Crippen molar-refractivity contribution in [2.45, 2.75) is 17.2 Å². The van der Waals surface area contributed by atoms with Crippen molar-refractivity contribution in [3.63, 3.8) is 0 Å². The maximum absolute atomic E-state index is 12.1. The van der Waals surface area contributed by atoms with Crippen LogP contribution in [0.15, 0.2) is 29.2 Å². The van der Waals surface area contributed by atoms with E-state index in [1.165, 1.54) is 0 Å². The van der Waals surface area contributed by atoms with Gasteiger partial charge in [0.1, 0.15) is 0 Å². The zero-order valence-corrected chi connectivity index (χ0v) is 11.5. The first kappa shape index (κ1) is 13.8. The van der Waals surface area contributed by atoms with E-state index in [-0.39, 0.29) is 10.8 Å². The monoisotopic (exact) mass is 289 g/mol. The lowest BCUT2D eigenvalue weighted by atomic mass is 10.1. The Morgan fingerprint density at radius 3 is 2.94 bits per heavy atom. The highest BCUT2D eigenvalue weighted by atomic mass is 35.5. The highest BCUT2D eigenvalue weighted by Gasteiger charge is 2.20. The van der Waals surface area contributed by atoms with Crippen molar-refractivity contribution in [1.29, 1.82) is 0 Å². The zero-order valence-electron chi connectivity index (χ0n) is 9.93. The molecule has 2 rings (SSSR count). The van der Waals surface area contributed by atoms with Crippen molar-refractivity contribution >= 4 is 21.6 Å². The van der Waals surface area contributed by atoms with Gasteiger partial charge in [0.05, 0.1) is 11.5 Å². The molecule has 1 atom stereocenters. The van der Waals surface area contributed by atoms with Crippen LogP contribution < -0.4 is 4.72 Å². The van der Waals surface area contributed by atoms with Crippen LogP contribution >= 0.6 is 11.6 Å². The van der Waals surface area contributed by atoms with Gasteiger partial charge in [-0.25, -0.2) is 13.1 Å². The van der Waals surface area contributed by atoms with Crippen LogP contribution in [0.3, 0.4) is 0 Å². The molecule has 1 aliphatic rings. The molecule has 0 amide bonds. The Bertz CT molecular complexity index is 498. The van der Waals surface area contributed by atoms with Gasteiger partial charge in [-0.2, -0.15) is 0 Å². The smallest absolute Gasteiger partial charge is 0.240 e. The first-order chi connectivity index (χ1) is 8.62. The third-order valence-corrected chi connectivity index (χ3v) is 4.68. The van der Waals surface area contributed by atoms with Crippen molar-refractivity contribution in [3.8, 4) is 0 Å². The molecule has 1 unspecified atom stereocenters. The van der Waals surface area contributed by atoms with Gasteiger partial charge >= 0.3 is 0 Å². The van der Waals surface area contributed by atoms with E-state index in [9.17, 15) is 8.42 Å². The Morgan fingerprint density at radius 1 is 1.44 bits per heavy atom. The number of alkyl halides is 1. The fourth-order valence-electron chi connectivity index (χ4n) is 1.85. The fourth-order valence-corrected chi connectivity index (χ4v) is 3.20. The van der Waals surface area contributed by atoms with E-state index in [2.05, 4.69) is 4.72 Å². The minimum absolute atomic E-state index is 0.263. The van der Waals surface area contributed by atoms with Gasteiger partial charge in [0.25, 0.3) is 0 Å². The van der Waals surface area contributed by atoms with Crippen molar-refractivity contribution in [3.05, 3.63) is 29.8 Å². The molecule has 0 radical (unpaired) electrons. The summed E-state index contributed by atoms with van der Waals surface area (Å²) in [4.78, 5) is 0.263. The molecule has 1 aliphatic heterocycles. The van der Waals surface area contributed by atoms with Crippen LogP contribution in [0.1, 0.15) is 12.0 Å². The van der Waals surface area contributed by atoms with E-state index in [4.69, 9.17) is 16.3 Å². The summed E-state index contributed by atoms with van der Waals surface area (Å²) in [5.41, 5.74) is 0.795. The molecule has 1 aromatic carbocycles. The maximum atomic E-state index is 12.1. The fraction of sp³-hybridized carbons (Fsp3) is 0.500. The Hall–Kier alpha value is -0.620. The first-order valence-electron chi connectivity index (χ1n) is 5.84. The molecule has 0 saturated carbocycles. The number of benzene rings is 1. The molecule has 0 aromatic heterocycles. The molecule has 4 nitrogen and oxygen atoms in total. The molecule has 6 heteroatoms. The Morgan fingerprint density at radius 2 is 2.28 bits per heavy atom. The third-order valence-electron chi connectivity index (χ3n) is 2.95. The molecule has 1 heterocycles. The quantitative estimate of drug-likeness (QED) is 0.840. The largest absolute Gasteiger partial charge is 0.381 e. The van der Waals surface area contributed by atoms with Crippen LogP contribution in [0, 0.1) is 5.92 Å². The van der Waals surface area contributed by atoms with E-state index in [1.54, 1.807) is 24.3 Å². The second kappa shape index (κ2) is 6.02. The number of sulfonamides is 1. The van der Waals surface area contributed by atoms with Gasteiger partial charge in [-0.3, -0.25) is 0 Å². The molecular formula is C12H16ClNO3S. The number of nitrogens with one attached hydrogen (secondary N) is 1. The normalized spacial score (nSPS) is 20.2. The minimum Gasteiger partial charge on any atom is -0.381 e. The first-order valence-corrected chi connectivity index (χ1v) is 7.86. The molecule has 1 N–H and O–H groups in total. The van der Waals surface area contributed by atoms with E-state index in [0.717, 1.165) is 12.0 Å². The average Bonchev–Trinajstić information content (AvgIpc) is 2.90. The van der Waals surface area contributed by atoms with Gasteiger partial charge in [0.2, 0.25) is 10.0 Å². The summed E-state index contributed by atoms with van der Waals surface area (Å²) >= 11 is 5.70. The summed E-state index contributed by atoms with van der Waals surface area (Å²) in [7, 11) is -3.44. The SMILES string of the molecule is O=S(=O)(NCC1CCOC1)c1cccc(CCl)c1. The highest BCUT2D eigenvalue weighted by molar-refractivity contribution is 7.89. The average molecular weight is 290 g/mol. The van der Waals surface area contributed by atoms with Crippen LogP contribution in [-0.2, 0) is 20.6 Å². The summed E-state index contributed by atoms with van der Waals surface area (Å²) in [6.07, 6.45) is 0.907. The molecule has 100 valence electrons. The van der Waals surface area contributed by atoms with Crippen molar-refractivity contribution in [2.24, 2.45) is 5.92 Å². The molecular weight excluding hydrogens is 274 g/mol. The zero-order chi connectivity index (χ0) is 13.0. The number of hydrogen-bond acceptors (Lipinski definition) is 3. The second-order valence-electron chi connectivity index (χ2n) is 4.36. The van der Waals surface area contributed by atoms with Gasteiger partial charge in [0, 0.05) is 19.0 Å². The van der Waals surface area contributed by atoms with Gasteiger partial charge < -0.3 is 4.74 Å². The predicted molar refractivity (Wildman–Crippen MR) is 70.1 cm³/mol. The Labute approximate surface area is 112 Å². The van der Waals surface area contributed by atoms with Crippen LogP contribution in [0.5, 0.6) is 0 Å². The Kier molecular flexibility index (Phi) is 4.61. The summed E-state index contributed by atoms with van der Waals surface area (Å²) in [5, 5.41) is 0. The van der Waals surface area contributed by atoms with Crippen LogP contribution in [0.2, 0.25) is 0 Å². The summed E-state index contributed by atoms with van der Waals surface area (Å²) in [5.74, 6) is 0.579. The summed E-state index contributed by atoms with van der Waals surface area (Å²) < 4.78 is 32.0. The molecule has 0 bridgehead atoms. The molecule has 0 spiro atoms. The summed E-state index contributed by atoms with van der Waals surface area (Å²) in [6, 6.07) is 6.67. The topological polar surface area (TPSA) is 55.4 Å². The lowest BCUT2D eigenvalue weighted by molar-refractivity contribution is 0.186. The molecule has 0 aliphatic carbocycles. The van der Waals surface area contributed by atoms with Crippen LogP contribution in [-0.4, -0.2) is 28.2 Å². The highest BCUT2D eigenvalue weighted by Crippen LogP contribution is 2.15. The van der Waals surface area contributed by atoms with Crippen molar-refractivity contribution < 1.29 is 13.2 Å². The number of halogens is 1. The Balaban J connectivity index is 2.04. The third kappa shape index (κ3) is 3.45. The summed E-state index contributed by atoms with van der Waals surface area (Å²) in [6.45, 7) is 1.77. The molecule has 1 fully saturated rings. The lowest BCUT2D eigenvalue weighted by Crippen LogP contribution is -2.29. The molecule has 1 saturated heterocycles. The minimum atomic E-state index is -3.44. The second-order valence-corrected chi connectivity index (χ2v) is 6.40. The predicted octanol–water partition coefficient (Wildman–Crippen LogP) is 1.74. The van der Waals surface area contributed by atoms with E-state index >= 15 is 0 Å². The van der Waals surface area contributed by atoms with Crippen LogP contribution in [0.25, 0.3) is 0 Å². The van der Waals surface area contributed by atoms with Crippen molar-refractivity contribution in [1.82, 2.24) is 4.72 Å². The standard InChI is InChI=1S/C12H16ClNO3S/c13-7-10-2-1-3-12(6-10)18(15,16)14-8-11-4-5-17-9-11/h1-3,6,11,14H,4-5,7-9H2. The van der Waals surface area contributed by atoms with E-state index in [0.29, 0.717) is 25.6 Å². The number of ether oxygens (including phenoxy) is 1. The van der Waals surface area contributed by atoms with Gasteiger partial charge in [0.15, 0.2) is 0 Å². The van der Waals surface area contributed by atoms with Crippen molar-refractivity contribution in [2.75, 3.05) is 19.8 Å². The van der Waals surface area contributed by atoms with Gasteiger partial charge in [-0.1, -0.05) is 12.1 Å². The van der Waals surface area contributed by atoms with Crippen LogP contribution in [0.4, 0.5) is 0 Å².